The first kappa shape index (κ1) is 19.6. The molecule has 0 amide bonds. The number of halogens is 1. The van der Waals surface area contributed by atoms with Gasteiger partial charge in [-0.25, -0.2) is 4.98 Å². The van der Waals surface area contributed by atoms with Gasteiger partial charge in [0.1, 0.15) is 0 Å². The highest BCUT2D eigenvalue weighted by molar-refractivity contribution is 6.29. The largest absolute Gasteiger partial charge is 0.301 e. The van der Waals surface area contributed by atoms with Crippen molar-refractivity contribution in [2.24, 2.45) is 5.92 Å². The van der Waals surface area contributed by atoms with Crippen molar-refractivity contribution < 1.29 is 0 Å². The maximum atomic E-state index is 13.1. The van der Waals surface area contributed by atoms with Gasteiger partial charge in [0.05, 0.1) is 11.0 Å². The summed E-state index contributed by atoms with van der Waals surface area (Å²) in [4.78, 5) is 20.3. The Morgan fingerprint density at radius 2 is 1.62 bits per heavy atom. The first-order valence-corrected chi connectivity index (χ1v) is 12.0. The monoisotopic (exact) mass is 413 g/mol. The van der Waals surface area contributed by atoms with Crippen molar-refractivity contribution >= 4 is 22.6 Å². The van der Waals surface area contributed by atoms with E-state index in [1.54, 1.807) is 0 Å². The Kier molecular flexibility index (Phi) is 5.66. The van der Waals surface area contributed by atoms with Crippen LogP contribution in [0.1, 0.15) is 76.7 Å². The van der Waals surface area contributed by atoms with E-state index in [2.05, 4.69) is 9.88 Å². The number of piperidine rings is 1. The van der Waals surface area contributed by atoms with Crippen LogP contribution in [0.3, 0.4) is 0 Å². The zero-order chi connectivity index (χ0) is 19.8. The van der Waals surface area contributed by atoms with Gasteiger partial charge in [-0.15, -0.1) is 0 Å². The van der Waals surface area contributed by atoms with Crippen molar-refractivity contribution in [3.05, 3.63) is 39.8 Å². The van der Waals surface area contributed by atoms with E-state index in [1.165, 1.54) is 64.2 Å². The van der Waals surface area contributed by atoms with Crippen molar-refractivity contribution in [3.63, 3.8) is 0 Å². The zero-order valence-corrected chi connectivity index (χ0v) is 18.0. The maximum Gasteiger partial charge on any atom is 0.289 e. The molecule has 4 nitrogen and oxygen atoms in total. The molecule has 4 aliphatic rings. The molecule has 2 aromatic rings. The van der Waals surface area contributed by atoms with Crippen molar-refractivity contribution in [2.45, 2.75) is 88.8 Å². The van der Waals surface area contributed by atoms with Gasteiger partial charge in [-0.2, -0.15) is 0 Å². The van der Waals surface area contributed by atoms with E-state index in [0.717, 1.165) is 30.0 Å². The van der Waals surface area contributed by atoms with E-state index in [0.29, 0.717) is 12.0 Å². The van der Waals surface area contributed by atoms with E-state index < -0.39 is 0 Å². The third-order valence-corrected chi connectivity index (χ3v) is 7.96. The lowest BCUT2D eigenvalue weighted by Gasteiger charge is -2.46. The minimum Gasteiger partial charge on any atom is -0.301 e. The molecule has 1 aromatic heterocycles. The van der Waals surface area contributed by atoms with Crippen LogP contribution in [0.2, 0.25) is 5.15 Å². The number of hydrogen-bond donors (Lipinski definition) is 0. The summed E-state index contributed by atoms with van der Waals surface area (Å²) in [5.74, 6) is 0.527. The second-order valence-corrected chi connectivity index (χ2v) is 9.77. The minimum absolute atomic E-state index is 0.111. The molecule has 0 radical (unpaired) electrons. The SMILES string of the molecule is O=c1c(Cl)nc2ccccc2n1[C@H]1C[C@H]2CCCC1CN2C1CCCCCCC1. The molecule has 1 aromatic carbocycles. The van der Waals surface area contributed by atoms with Gasteiger partial charge >= 0.3 is 0 Å². The molecule has 3 atom stereocenters. The smallest absolute Gasteiger partial charge is 0.289 e. The molecule has 2 aliphatic heterocycles. The number of rotatable bonds is 2. The molecule has 5 heteroatoms. The fraction of sp³-hybridized carbons (Fsp3) is 0.667. The summed E-state index contributed by atoms with van der Waals surface area (Å²) in [5, 5.41) is 0.112. The van der Waals surface area contributed by atoms with Crippen LogP contribution in [0.15, 0.2) is 29.1 Å². The summed E-state index contributed by atoms with van der Waals surface area (Å²) in [6.45, 7) is 1.14. The molecule has 2 aliphatic carbocycles. The topological polar surface area (TPSA) is 38.1 Å². The fourth-order valence-corrected chi connectivity index (χ4v) is 6.50. The van der Waals surface area contributed by atoms with Gasteiger partial charge in [-0.05, 0) is 50.2 Å². The average Bonchev–Trinajstić information content (AvgIpc) is 3.02. The lowest BCUT2D eigenvalue weighted by Crippen LogP contribution is -2.51. The maximum absolute atomic E-state index is 13.1. The first-order chi connectivity index (χ1) is 14.2. The van der Waals surface area contributed by atoms with Crippen LogP contribution in [0, 0.1) is 5.92 Å². The predicted molar refractivity (Wildman–Crippen MR) is 119 cm³/mol. The molecular weight excluding hydrogens is 382 g/mol. The highest BCUT2D eigenvalue weighted by atomic mass is 35.5. The third-order valence-electron chi connectivity index (χ3n) is 7.71. The zero-order valence-electron chi connectivity index (χ0n) is 17.2. The highest BCUT2D eigenvalue weighted by Crippen LogP contribution is 2.43. The Morgan fingerprint density at radius 3 is 2.45 bits per heavy atom. The van der Waals surface area contributed by atoms with Gasteiger partial charge in [0.2, 0.25) is 0 Å². The molecule has 3 heterocycles. The molecule has 4 fully saturated rings. The van der Waals surface area contributed by atoms with Crippen molar-refractivity contribution in [3.8, 4) is 0 Å². The van der Waals surface area contributed by atoms with Gasteiger partial charge in [0, 0.05) is 24.7 Å². The minimum atomic E-state index is -0.111. The molecule has 156 valence electrons. The van der Waals surface area contributed by atoms with Crippen molar-refractivity contribution in [1.82, 2.24) is 14.5 Å². The van der Waals surface area contributed by atoms with Crippen LogP contribution in [0.4, 0.5) is 0 Å². The lowest BCUT2D eigenvalue weighted by molar-refractivity contribution is 0.0348. The summed E-state index contributed by atoms with van der Waals surface area (Å²) in [5.41, 5.74) is 1.66. The Labute approximate surface area is 178 Å². The number of benzene rings is 1. The molecule has 2 saturated heterocycles. The quantitative estimate of drug-likeness (QED) is 0.645. The molecular formula is C24H32ClN3O. The summed E-state index contributed by atoms with van der Waals surface area (Å²) in [6.07, 6.45) is 14.5. The van der Waals surface area contributed by atoms with E-state index in [-0.39, 0.29) is 16.8 Å². The summed E-state index contributed by atoms with van der Waals surface area (Å²) >= 11 is 6.28. The number of fused-ring (bicyclic) bond motifs is 5. The summed E-state index contributed by atoms with van der Waals surface area (Å²) in [7, 11) is 0. The van der Waals surface area contributed by atoms with Gasteiger partial charge in [-0.3, -0.25) is 9.69 Å². The van der Waals surface area contributed by atoms with Crippen molar-refractivity contribution in [2.75, 3.05) is 6.54 Å². The predicted octanol–water partition coefficient (Wildman–Crippen LogP) is 5.58. The summed E-state index contributed by atoms with van der Waals surface area (Å²) in [6, 6.07) is 9.56. The van der Waals surface area contributed by atoms with Crippen molar-refractivity contribution in [1.29, 1.82) is 0 Å². The van der Waals surface area contributed by atoms with E-state index in [4.69, 9.17) is 11.6 Å². The Hall–Kier alpha value is -1.39. The first-order valence-electron chi connectivity index (χ1n) is 11.6. The number of hydrogen-bond acceptors (Lipinski definition) is 3. The molecule has 0 spiro atoms. The molecule has 1 unspecified atom stereocenters. The van der Waals surface area contributed by atoms with E-state index in [1.807, 2.05) is 28.8 Å². The third kappa shape index (κ3) is 3.74. The van der Waals surface area contributed by atoms with Gasteiger partial charge in [-0.1, -0.05) is 62.3 Å². The van der Waals surface area contributed by atoms with E-state index >= 15 is 0 Å². The molecule has 2 saturated carbocycles. The van der Waals surface area contributed by atoms with Crippen LogP contribution in [0.25, 0.3) is 11.0 Å². The van der Waals surface area contributed by atoms with Crippen LogP contribution >= 0.6 is 11.6 Å². The normalized spacial score (nSPS) is 29.5. The fourth-order valence-electron chi connectivity index (χ4n) is 6.31. The Balaban J connectivity index is 1.48. The van der Waals surface area contributed by atoms with E-state index in [9.17, 15) is 4.79 Å². The lowest BCUT2D eigenvalue weighted by atomic mass is 9.85. The number of aromatic nitrogens is 2. The summed E-state index contributed by atoms with van der Waals surface area (Å²) < 4.78 is 2.00. The van der Waals surface area contributed by atoms with Gasteiger partial charge in [0.15, 0.2) is 5.15 Å². The van der Waals surface area contributed by atoms with Crippen LogP contribution < -0.4 is 5.56 Å². The average molecular weight is 414 g/mol. The number of nitrogens with zero attached hydrogens (tertiary/aromatic N) is 3. The number of para-hydroxylation sites is 2. The Morgan fingerprint density at radius 1 is 0.897 bits per heavy atom. The molecule has 2 bridgehead atoms. The molecule has 6 rings (SSSR count). The second-order valence-electron chi connectivity index (χ2n) is 9.41. The molecule has 29 heavy (non-hydrogen) atoms. The van der Waals surface area contributed by atoms with Crippen LogP contribution in [-0.2, 0) is 0 Å². The highest BCUT2D eigenvalue weighted by Gasteiger charge is 2.42. The molecule has 0 N–H and O–H groups in total. The van der Waals surface area contributed by atoms with Crippen LogP contribution in [0.5, 0.6) is 0 Å². The second kappa shape index (κ2) is 8.39. The standard InChI is InChI=1S/C24H32ClN3O/c25-23-24(29)28(21-14-7-6-13-20(21)26-23)22-15-19-12-8-9-17(22)16-27(19)18-10-4-2-1-3-5-11-18/h6-7,13-14,17-19,22H,1-5,8-12,15-16H2/t17?,19-,22+/m1/s1. The van der Waals surface area contributed by atoms with Gasteiger partial charge < -0.3 is 4.57 Å². The Bertz CT molecular complexity index is 918. The van der Waals surface area contributed by atoms with Crippen LogP contribution in [-0.4, -0.2) is 33.1 Å². The van der Waals surface area contributed by atoms with Gasteiger partial charge in [0.25, 0.3) is 5.56 Å².